The first-order chi connectivity index (χ1) is 6.24. The van der Waals surface area contributed by atoms with E-state index < -0.39 is 0 Å². The molecule has 0 aliphatic rings. The number of esters is 1. The first kappa shape index (κ1) is 12.1. The summed E-state index contributed by atoms with van der Waals surface area (Å²) in [5.41, 5.74) is 0.767. The highest BCUT2D eigenvalue weighted by atomic mass is 16.5. The van der Waals surface area contributed by atoms with E-state index in [-0.39, 0.29) is 5.97 Å². The van der Waals surface area contributed by atoms with Gasteiger partial charge in [-0.25, -0.2) is 4.79 Å². The van der Waals surface area contributed by atoms with Crippen molar-refractivity contribution in [2.24, 2.45) is 0 Å². The van der Waals surface area contributed by atoms with Crippen molar-refractivity contribution < 1.29 is 19.0 Å². The van der Waals surface area contributed by atoms with E-state index in [9.17, 15) is 4.79 Å². The lowest BCUT2D eigenvalue weighted by atomic mass is 10.3. The maximum absolute atomic E-state index is 11.0. The van der Waals surface area contributed by atoms with Crippen LogP contribution in [0.3, 0.4) is 0 Å². The molecule has 0 aliphatic heterocycles. The summed E-state index contributed by atoms with van der Waals surface area (Å²) < 4.78 is 14.5. The average Bonchev–Trinajstić information content (AvgIpc) is 2.05. The molecule has 13 heavy (non-hydrogen) atoms. The first-order valence-corrected chi connectivity index (χ1v) is 4.08. The minimum atomic E-state index is -0.355. The molecule has 0 saturated heterocycles. The van der Waals surface area contributed by atoms with Gasteiger partial charge in [0.1, 0.15) is 0 Å². The van der Waals surface area contributed by atoms with Crippen LogP contribution in [0, 0.1) is 0 Å². The number of ether oxygens (including phenoxy) is 3. The van der Waals surface area contributed by atoms with Crippen molar-refractivity contribution >= 4 is 5.97 Å². The van der Waals surface area contributed by atoms with Crippen molar-refractivity contribution in [3.8, 4) is 0 Å². The zero-order valence-corrected chi connectivity index (χ0v) is 8.33. The topological polar surface area (TPSA) is 44.8 Å². The number of rotatable bonds is 6. The van der Waals surface area contributed by atoms with Crippen molar-refractivity contribution in [3.63, 3.8) is 0 Å². The Kier molecular flexibility index (Phi) is 7.24. The van der Waals surface area contributed by atoms with E-state index in [2.05, 4.69) is 0 Å². The van der Waals surface area contributed by atoms with Gasteiger partial charge >= 0.3 is 5.97 Å². The molecule has 0 saturated carbocycles. The van der Waals surface area contributed by atoms with Gasteiger partial charge in [0.25, 0.3) is 0 Å². The fourth-order valence-corrected chi connectivity index (χ4v) is 0.846. The van der Waals surface area contributed by atoms with Crippen LogP contribution in [0.1, 0.15) is 6.92 Å². The van der Waals surface area contributed by atoms with Crippen LogP contribution in [-0.4, -0.2) is 40.0 Å². The fraction of sp³-hybridized carbons (Fsp3) is 0.667. The molecule has 0 radical (unpaired) electrons. The van der Waals surface area contributed by atoms with Crippen LogP contribution < -0.4 is 0 Å². The van der Waals surface area contributed by atoms with E-state index in [4.69, 9.17) is 14.2 Å². The predicted octanol–water partition coefficient (Wildman–Crippen LogP) is 0.769. The lowest BCUT2D eigenvalue weighted by Crippen LogP contribution is -2.07. The van der Waals surface area contributed by atoms with E-state index in [1.807, 2.05) is 0 Å². The third kappa shape index (κ3) is 6.31. The molecule has 0 heterocycles. The van der Waals surface area contributed by atoms with Crippen molar-refractivity contribution in [1.29, 1.82) is 0 Å². The maximum Gasteiger partial charge on any atom is 0.330 e. The standard InChI is InChI=1S/C9H16O4/c1-4-13-9(10)5-8(6-11-2)7-12-3/h5H,4,6-7H2,1-3H3. The van der Waals surface area contributed by atoms with Crippen molar-refractivity contribution in [2.45, 2.75) is 6.92 Å². The van der Waals surface area contributed by atoms with Gasteiger partial charge in [-0.15, -0.1) is 0 Å². The number of carbonyl (C=O) groups is 1. The summed E-state index contributed by atoms with van der Waals surface area (Å²) in [5.74, 6) is -0.355. The van der Waals surface area contributed by atoms with E-state index in [0.717, 1.165) is 5.57 Å². The molecule has 0 bridgehead atoms. The molecule has 0 aromatic carbocycles. The van der Waals surface area contributed by atoms with Crippen molar-refractivity contribution in [2.75, 3.05) is 34.0 Å². The molecule has 76 valence electrons. The van der Waals surface area contributed by atoms with Gasteiger partial charge in [0.15, 0.2) is 0 Å². The fourth-order valence-electron chi connectivity index (χ4n) is 0.846. The Morgan fingerprint density at radius 3 is 2.15 bits per heavy atom. The van der Waals surface area contributed by atoms with Crippen LogP contribution in [0.15, 0.2) is 11.6 Å². The largest absolute Gasteiger partial charge is 0.463 e. The highest BCUT2D eigenvalue weighted by Crippen LogP contribution is 1.96. The quantitative estimate of drug-likeness (QED) is 0.456. The van der Waals surface area contributed by atoms with Gasteiger partial charge < -0.3 is 14.2 Å². The molecule has 0 N–H and O–H groups in total. The minimum Gasteiger partial charge on any atom is -0.463 e. The van der Waals surface area contributed by atoms with Gasteiger partial charge in [-0.05, 0) is 12.5 Å². The molecular weight excluding hydrogens is 172 g/mol. The Balaban J connectivity index is 4.07. The average molecular weight is 188 g/mol. The van der Waals surface area contributed by atoms with Gasteiger partial charge in [0, 0.05) is 20.3 Å². The molecule has 0 fully saturated rings. The molecule has 0 unspecified atom stereocenters. The number of hydrogen-bond acceptors (Lipinski definition) is 4. The van der Waals surface area contributed by atoms with Crippen LogP contribution in [0.2, 0.25) is 0 Å². The molecule has 0 aliphatic carbocycles. The van der Waals surface area contributed by atoms with Gasteiger partial charge in [0.05, 0.1) is 19.8 Å². The Bertz CT molecular complexity index is 166. The molecule has 4 heteroatoms. The van der Waals surface area contributed by atoms with Crippen LogP contribution in [0.25, 0.3) is 0 Å². The Morgan fingerprint density at radius 2 is 1.77 bits per heavy atom. The van der Waals surface area contributed by atoms with Gasteiger partial charge in [-0.1, -0.05) is 0 Å². The smallest absolute Gasteiger partial charge is 0.330 e. The predicted molar refractivity (Wildman–Crippen MR) is 48.5 cm³/mol. The van der Waals surface area contributed by atoms with E-state index in [0.29, 0.717) is 19.8 Å². The second-order valence-electron chi connectivity index (χ2n) is 2.42. The van der Waals surface area contributed by atoms with Crippen molar-refractivity contribution in [1.82, 2.24) is 0 Å². The third-order valence-electron chi connectivity index (χ3n) is 1.27. The van der Waals surface area contributed by atoms with Gasteiger partial charge in [-0.3, -0.25) is 0 Å². The maximum atomic E-state index is 11.0. The summed E-state index contributed by atoms with van der Waals surface area (Å²) in [4.78, 5) is 11.0. The first-order valence-electron chi connectivity index (χ1n) is 4.08. The van der Waals surface area contributed by atoms with Gasteiger partial charge in [-0.2, -0.15) is 0 Å². The molecule has 0 rings (SSSR count). The summed E-state index contributed by atoms with van der Waals surface area (Å²) >= 11 is 0. The Morgan fingerprint density at radius 1 is 1.23 bits per heavy atom. The summed E-state index contributed by atoms with van der Waals surface area (Å²) in [6, 6.07) is 0. The van der Waals surface area contributed by atoms with Crippen LogP contribution in [0.5, 0.6) is 0 Å². The SMILES string of the molecule is CCOC(=O)C=C(COC)COC. The normalized spacial score (nSPS) is 9.46. The molecular formula is C9H16O4. The van der Waals surface area contributed by atoms with Crippen molar-refractivity contribution in [3.05, 3.63) is 11.6 Å². The zero-order valence-electron chi connectivity index (χ0n) is 8.33. The Labute approximate surface area is 78.5 Å². The van der Waals surface area contributed by atoms with E-state index in [1.165, 1.54) is 6.08 Å². The summed E-state index contributed by atoms with van der Waals surface area (Å²) in [6.07, 6.45) is 1.40. The highest BCUT2D eigenvalue weighted by molar-refractivity contribution is 5.82. The molecule has 4 nitrogen and oxygen atoms in total. The molecule has 0 spiro atoms. The summed E-state index contributed by atoms with van der Waals surface area (Å²) in [5, 5.41) is 0. The van der Waals surface area contributed by atoms with Crippen LogP contribution in [0.4, 0.5) is 0 Å². The summed E-state index contributed by atoms with van der Waals surface area (Å²) in [7, 11) is 3.13. The molecule has 0 aromatic heterocycles. The number of hydrogen-bond donors (Lipinski definition) is 0. The lowest BCUT2D eigenvalue weighted by molar-refractivity contribution is -0.137. The zero-order chi connectivity index (χ0) is 10.1. The monoisotopic (exact) mass is 188 g/mol. The lowest BCUT2D eigenvalue weighted by Gasteiger charge is -2.04. The van der Waals surface area contributed by atoms with E-state index in [1.54, 1.807) is 21.1 Å². The third-order valence-corrected chi connectivity index (χ3v) is 1.27. The second-order valence-corrected chi connectivity index (χ2v) is 2.42. The summed E-state index contributed by atoms with van der Waals surface area (Å²) in [6.45, 7) is 2.90. The molecule has 0 amide bonds. The van der Waals surface area contributed by atoms with E-state index >= 15 is 0 Å². The van der Waals surface area contributed by atoms with Crippen LogP contribution >= 0.6 is 0 Å². The highest BCUT2D eigenvalue weighted by Gasteiger charge is 2.01. The Hall–Kier alpha value is -0.870. The molecule has 0 atom stereocenters. The number of carbonyl (C=O) groups excluding carboxylic acids is 1. The van der Waals surface area contributed by atoms with Crippen LogP contribution in [-0.2, 0) is 19.0 Å². The number of methoxy groups -OCH3 is 2. The molecule has 0 aromatic rings. The minimum absolute atomic E-state index is 0.355. The van der Waals surface area contributed by atoms with Gasteiger partial charge in [0.2, 0.25) is 0 Å². The second kappa shape index (κ2) is 7.76.